The highest BCUT2D eigenvalue weighted by molar-refractivity contribution is 7.91. The van der Waals surface area contributed by atoms with E-state index in [2.05, 4.69) is 0 Å². The zero-order valence-electron chi connectivity index (χ0n) is 15.9. The number of fused-ring (bicyclic) bond motifs is 1. The molecule has 29 heavy (non-hydrogen) atoms. The molecule has 158 valence electrons. The zero-order valence-corrected chi connectivity index (χ0v) is 16.7. The first-order chi connectivity index (χ1) is 13.8. The average Bonchev–Trinajstić information content (AvgIpc) is 3.04. The van der Waals surface area contributed by atoms with Crippen LogP contribution in [0, 0.1) is 5.82 Å². The van der Waals surface area contributed by atoms with Crippen LogP contribution < -0.4 is 4.74 Å². The molecule has 0 spiro atoms. The molecule has 1 saturated heterocycles. The number of halogens is 1. The molecule has 1 aromatic carbocycles. The fourth-order valence-electron chi connectivity index (χ4n) is 3.41. The van der Waals surface area contributed by atoms with Gasteiger partial charge in [-0.15, -0.1) is 0 Å². The Kier molecular flexibility index (Phi) is 6.53. The van der Waals surface area contributed by atoms with Gasteiger partial charge in [-0.3, -0.25) is 4.79 Å². The average molecular weight is 427 g/mol. The van der Waals surface area contributed by atoms with Gasteiger partial charge in [-0.1, -0.05) is 0 Å². The van der Waals surface area contributed by atoms with Crippen molar-refractivity contribution in [3.8, 4) is 5.75 Å². The number of hydrogen-bond donors (Lipinski definition) is 0. The van der Waals surface area contributed by atoms with E-state index in [9.17, 15) is 22.4 Å². The Bertz CT molecular complexity index is 929. The lowest BCUT2D eigenvalue weighted by Gasteiger charge is -2.26. The van der Waals surface area contributed by atoms with E-state index >= 15 is 0 Å². The summed E-state index contributed by atoms with van der Waals surface area (Å²) in [5, 5.41) is 0. The molecule has 0 aliphatic carbocycles. The summed E-state index contributed by atoms with van der Waals surface area (Å²) in [7, 11) is -3.13. The summed E-state index contributed by atoms with van der Waals surface area (Å²) in [6.07, 6.45) is 2.81. The highest BCUT2D eigenvalue weighted by Crippen LogP contribution is 2.30. The third-order valence-corrected chi connectivity index (χ3v) is 6.50. The minimum Gasteiger partial charge on any atom is -0.467 e. The molecule has 10 heteroatoms. The van der Waals surface area contributed by atoms with Gasteiger partial charge >= 0.3 is 5.97 Å². The van der Waals surface area contributed by atoms with E-state index in [0.29, 0.717) is 29.8 Å². The van der Waals surface area contributed by atoms with Gasteiger partial charge < -0.3 is 19.1 Å². The van der Waals surface area contributed by atoms with Crippen LogP contribution in [0.2, 0.25) is 0 Å². The SMILES string of the molecule is CCN(C(=O)COC(=O)/C=C/c1cc(F)cc2c1OCOC2)[C@@H]1CCS(=O)(=O)C1. The summed E-state index contributed by atoms with van der Waals surface area (Å²) in [5.41, 5.74) is 0.891. The van der Waals surface area contributed by atoms with E-state index in [1.165, 1.54) is 23.1 Å². The second-order valence-corrected chi connectivity index (χ2v) is 9.00. The van der Waals surface area contributed by atoms with Crippen LogP contribution in [0.15, 0.2) is 18.2 Å². The first kappa shape index (κ1) is 21.3. The van der Waals surface area contributed by atoms with Gasteiger partial charge in [-0.25, -0.2) is 17.6 Å². The molecule has 3 rings (SSSR count). The lowest BCUT2D eigenvalue weighted by molar-refractivity contribution is -0.149. The lowest BCUT2D eigenvalue weighted by Crippen LogP contribution is -2.43. The van der Waals surface area contributed by atoms with Gasteiger partial charge in [0, 0.05) is 29.8 Å². The smallest absolute Gasteiger partial charge is 0.331 e. The standard InChI is InChI=1S/C19H22FNO7S/c1-2-21(16-5-6-29(24,25)11-16)17(22)10-27-18(23)4-3-13-7-15(20)8-14-9-26-12-28-19(13)14/h3-4,7-8,16H,2,5-6,9-12H2,1H3/b4-3+/t16-/m1/s1. The number of amides is 1. The normalized spacial score (nSPS) is 20.1. The number of carbonyl (C=O) groups is 2. The van der Waals surface area contributed by atoms with Crippen molar-refractivity contribution in [2.45, 2.75) is 26.0 Å². The number of rotatable bonds is 6. The van der Waals surface area contributed by atoms with Gasteiger partial charge in [0.2, 0.25) is 0 Å². The second-order valence-electron chi connectivity index (χ2n) is 6.77. The van der Waals surface area contributed by atoms with Crippen molar-refractivity contribution < 1.29 is 36.6 Å². The quantitative estimate of drug-likeness (QED) is 0.498. The summed E-state index contributed by atoms with van der Waals surface area (Å²) in [6.45, 7) is 1.79. The number of nitrogens with zero attached hydrogens (tertiary/aromatic N) is 1. The molecule has 0 bridgehead atoms. The molecular weight excluding hydrogens is 405 g/mol. The maximum atomic E-state index is 13.7. The van der Waals surface area contributed by atoms with E-state index in [0.717, 1.165) is 6.08 Å². The zero-order chi connectivity index (χ0) is 21.0. The van der Waals surface area contributed by atoms with Crippen molar-refractivity contribution in [3.05, 3.63) is 35.2 Å². The Morgan fingerprint density at radius 1 is 1.38 bits per heavy atom. The molecule has 2 aliphatic rings. The topological polar surface area (TPSA) is 99.2 Å². The molecule has 0 N–H and O–H groups in total. The summed E-state index contributed by atoms with van der Waals surface area (Å²) in [5.74, 6) is -1.33. The molecule has 0 aromatic heterocycles. The number of esters is 1. The minimum atomic E-state index is -3.13. The van der Waals surface area contributed by atoms with Gasteiger partial charge in [0.1, 0.15) is 11.6 Å². The molecule has 1 aromatic rings. The highest BCUT2D eigenvalue weighted by atomic mass is 32.2. The van der Waals surface area contributed by atoms with Crippen LogP contribution in [0.3, 0.4) is 0 Å². The lowest BCUT2D eigenvalue weighted by atomic mass is 10.1. The molecule has 8 nitrogen and oxygen atoms in total. The molecule has 1 atom stereocenters. The van der Waals surface area contributed by atoms with Crippen LogP contribution in [-0.2, 0) is 35.5 Å². The molecule has 1 fully saturated rings. The van der Waals surface area contributed by atoms with Crippen molar-refractivity contribution in [3.63, 3.8) is 0 Å². The molecule has 0 saturated carbocycles. The number of sulfone groups is 1. The van der Waals surface area contributed by atoms with Crippen LogP contribution >= 0.6 is 0 Å². The molecule has 2 aliphatic heterocycles. The van der Waals surface area contributed by atoms with Crippen molar-refractivity contribution in [2.75, 3.05) is 31.5 Å². The summed E-state index contributed by atoms with van der Waals surface area (Å²) in [6, 6.07) is 2.12. The fourth-order valence-corrected chi connectivity index (χ4v) is 5.14. The van der Waals surface area contributed by atoms with Crippen LogP contribution in [0.4, 0.5) is 4.39 Å². The second kappa shape index (κ2) is 8.91. The fraction of sp³-hybridized carbons (Fsp3) is 0.474. The van der Waals surface area contributed by atoms with Gasteiger partial charge in [0.15, 0.2) is 23.2 Å². The van der Waals surface area contributed by atoms with Gasteiger partial charge in [0.25, 0.3) is 5.91 Å². The van der Waals surface area contributed by atoms with Crippen LogP contribution in [0.1, 0.15) is 24.5 Å². The molecule has 0 radical (unpaired) electrons. The number of ether oxygens (including phenoxy) is 3. The van der Waals surface area contributed by atoms with Crippen molar-refractivity contribution >= 4 is 27.8 Å². The van der Waals surface area contributed by atoms with Crippen molar-refractivity contribution in [1.82, 2.24) is 4.90 Å². The van der Waals surface area contributed by atoms with E-state index in [1.54, 1.807) is 6.92 Å². The number of likely N-dealkylation sites (N-methyl/N-ethyl adjacent to an activating group) is 1. The number of hydrogen-bond acceptors (Lipinski definition) is 7. The van der Waals surface area contributed by atoms with Crippen LogP contribution in [-0.4, -0.2) is 62.7 Å². The van der Waals surface area contributed by atoms with E-state index in [1.807, 2.05) is 0 Å². The Balaban J connectivity index is 1.58. The summed E-state index contributed by atoms with van der Waals surface area (Å²) < 4.78 is 52.4. The Labute approximate surface area is 168 Å². The van der Waals surface area contributed by atoms with E-state index in [-0.39, 0.29) is 24.9 Å². The summed E-state index contributed by atoms with van der Waals surface area (Å²) in [4.78, 5) is 25.7. The Hall–Kier alpha value is -2.46. The first-order valence-electron chi connectivity index (χ1n) is 9.16. The first-order valence-corrected chi connectivity index (χ1v) is 11.0. The van der Waals surface area contributed by atoms with Crippen molar-refractivity contribution in [2.24, 2.45) is 0 Å². The van der Waals surface area contributed by atoms with Crippen LogP contribution in [0.25, 0.3) is 6.08 Å². The van der Waals surface area contributed by atoms with E-state index < -0.39 is 40.2 Å². The third-order valence-electron chi connectivity index (χ3n) is 4.75. The Morgan fingerprint density at radius 3 is 2.86 bits per heavy atom. The molecule has 1 amide bonds. The van der Waals surface area contributed by atoms with Gasteiger partial charge in [0.05, 0.1) is 18.1 Å². The predicted octanol–water partition coefficient (Wildman–Crippen LogP) is 1.28. The van der Waals surface area contributed by atoms with Gasteiger partial charge in [-0.2, -0.15) is 0 Å². The van der Waals surface area contributed by atoms with E-state index in [4.69, 9.17) is 14.2 Å². The number of benzene rings is 1. The minimum absolute atomic E-state index is 0.0299. The molecule has 0 unspecified atom stereocenters. The molecular formula is C19H22FNO7S. The van der Waals surface area contributed by atoms with Gasteiger partial charge in [-0.05, 0) is 31.6 Å². The monoisotopic (exact) mass is 427 g/mol. The maximum Gasteiger partial charge on any atom is 0.331 e. The summed E-state index contributed by atoms with van der Waals surface area (Å²) >= 11 is 0. The van der Waals surface area contributed by atoms with Crippen LogP contribution in [0.5, 0.6) is 5.75 Å². The highest BCUT2D eigenvalue weighted by Gasteiger charge is 2.34. The maximum absolute atomic E-state index is 13.7. The number of carbonyl (C=O) groups excluding carboxylic acids is 2. The van der Waals surface area contributed by atoms with Crippen molar-refractivity contribution in [1.29, 1.82) is 0 Å². The third kappa shape index (κ3) is 5.33. The molecule has 2 heterocycles. The largest absolute Gasteiger partial charge is 0.467 e. The Morgan fingerprint density at radius 2 is 2.17 bits per heavy atom. The predicted molar refractivity (Wildman–Crippen MR) is 101 cm³/mol.